The number of amides is 2. The van der Waals surface area contributed by atoms with Crippen molar-refractivity contribution in [3.63, 3.8) is 0 Å². The Labute approximate surface area is 206 Å². The molecule has 1 heterocycles. The standard InChI is InChI=1S/C28H34N2O5/c1-2-3-10-19(17-26(31)30-16-9-8-15-25(30)27(32)33)29-28(34)35-18-24-22-13-6-4-11-20(22)21-12-5-7-14-23(21)24/h4-7,11-14,19,24-25H,2-3,8-10,15-18H2,1H3,(H,29,34)(H,32,33)/t19?,25-/m0/s1. The van der Waals surface area contributed by atoms with E-state index < -0.39 is 24.1 Å². The lowest BCUT2D eigenvalue weighted by Crippen LogP contribution is -2.50. The van der Waals surface area contributed by atoms with Crippen molar-refractivity contribution in [2.75, 3.05) is 13.2 Å². The minimum absolute atomic E-state index is 0.0338. The van der Waals surface area contributed by atoms with E-state index in [2.05, 4.69) is 36.5 Å². The molecule has 0 saturated carbocycles. The second-order valence-corrected chi connectivity index (χ2v) is 9.45. The van der Waals surface area contributed by atoms with E-state index in [9.17, 15) is 19.5 Å². The summed E-state index contributed by atoms with van der Waals surface area (Å²) in [5.74, 6) is -1.22. The van der Waals surface area contributed by atoms with Crippen LogP contribution in [0.15, 0.2) is 48.5 Å². The molecule has 2 aromatic carbocycles. The van der Waals surface area contributed by atoms with Gasteiger partial charge in [0, 0.05) is 24.9 Å². The first-order valence-corrected chi connectivity index (χ1v) is 12.6. The van der Waals surface area contributed by atoms with Crippen molar-refractivity contribution in [3.05, 3.63) is 59.7 Å². The number of carbonyl (C=O) groups excluding carboxylic acids is 2. The number of carboxylic acids is 1. The average Bonchev–Trinajstić information content (AvgIpc) is 3.19. The fraction of sp³-hybridized carbons (Fsp3) is 0.464. The third-order valence-electron chi connectivity index (χ3n) is 7.10. The number of rotatable bonds is 9. The molecule has 2 atom stereocenters. The fourth-order valence-electron chi connectivity index (χ4n) is 5.30. The second-order valence-electron chi connectivity index (χ2n) is 9.45. The predicted octanol–water partition coefficient (Wildman–Crippen LogP) is 4.94. The van der Waals surface area contributed by atoms with Crippen molar-refractivity contribution < 1.29 is 24.2 Å². The molecule has 1 unspecified atom stereocenters. The summed E-state index contributed by atoms with van der Waals surface area (Å²) in [5.41, 5.74) is 4.61. The Bertz CT molecular complexity index is 1020. The maximum absolute atomic E-state index is 13.0. The number of fused-ring (bicyclic) bond motifs is 3. The molecule has 2 aromatic rings. The highest BCUT2D eigenvalue weighted by Crippen LogP contribution is 2.44. The number of likely N-dealkylation sites (tertiary alicyclic amines) is 1. The maximum Gasteiger partial charge on any atom is 0.407 e. The zero-order chi connectivity index (χ0) is 24.8. The summed E-state index contributed by atoms with van der Waals surface area (Å²) in [5, 5.41) is 12.4. The van der Waals surface area contributed by atoms with E-state index in [-0.39, 0.29) is 24.9 Å². The SMILES string of the molecule is CCCCC(CC(=O)N1CCCC[C@H]1C(=O)O)NC(=O)OCC1c2ccccc2-c2ccccc21. The summed E-state index contributed by atoms with van der Waals surface area (Å²) in [7, 11) is 0. The van der Waals surface area contributed by atoms with Crippen LogP contribution in [0.25, 0.3) is 11.1 Å². The molecule has 0 radical (unpaired) electrons. The number of hydrogen-bond acceptors (Lipinski definition) is 4. The molecule has 7 nitrogen and oxygen atoms in total. The monoisotopic (exact) mass is 478 g/mol. The molecule has 1 fully saturated rings. The van der Waals surface area contributed by atoms with Crippen LogP contribution in [0, 0.1) is 0 Å². The van der Waals surface area contributed by atoms with Crippen LogP contribution in [0.4, 0.5) is 4.79 Å². The molecule has 1 aliphatic heterocycles. The molecule has 1 saturated heterocycles. The number of benzene rings is 2. The van der Waals surface area contributed by atoms with Crippen LogP contribution < -0.4 is 5.32 Å². The van der Waals surface area contributed by atoms with Crippen LogP contribution in [-0.4, -0.2) is 53.2 Å². The van der Waals surface area contributed by atoms with E-state index in [4.69, 9.17) is 4.74 Å². The molecular formula is C28H34N2O5. The molecular weight excluding hydrogens is 444 g/mol. The highest BCUT2D eigenvalue weighted by Gasteiger charge is 2.33. The van der Waals surface area contributed by atoms with Crippen molar-refractivity contribution in [2.45, 2.75) is 69.9 Å². The molecule has 186 valence electrons. The highest BCUT2D eigenvalue weighted by molar-refractivity contribution is 5.84. The van der Waals surface area contributed by atoms with E-state index in [0.29, 0.717) is 19.4 Å². The maximum atomic E-state index is 13.0. The molecule has 35 heavy (non-hydrogen) atoms. The first kappa shape index (κ1) is 24.8. The summed E-state index contributed by atoms with van der Waals surface area (Å²) in [6.45, 7) is 2.71. The Morgan fingerprint density at radius 3 is 2.34 bits per heavy atom. The van der Waals surface area contributed by atoms with Gasteiger partial charge in [-0.3, -0.25) is 4.79 Å². The number of hydrogen-bond donors (Lipinski definition) is 2. The lowest BCUT2D eigenvalue weighted by molar-refractivity contribution is -0.152. The van der Waals surface area contributed by atoms with Gasteiger partial charge in [0.1, 0.15) is 12.6 Å². The molecule has 2 N–H and O–H groups in total. The minimum Gasteiger partial charge on any atom is -0.480 e. The van der Waals surface area contributed by atoms with Gasteiger partial charge in [-0.05, 0) is 47.9 Å². The zero-order valence-corrected chi connectivity index (χ0v) is 20.2. The summed E-state index contributed by atoms with van der Waals surface area (Å²) < 4.78 is 5.67. The Morgan fingerprint density at radius 2 is 1.71 bits per heavy atom. The first-order chi connectivity index (χ1) is 17.0. The minimum atomic E-state index is -0.965. The van der Waals surface area contributed by atoms with Gasteiger partial charge in [-0.1, -0.05) is 68.3 Å². The number of nitrogens with zero attached hydrogens (tertiary/aromatic N) is 1. The molecule has 2 amide bonds. The predicted molar refractivity (Wildman–Crippen MR) is 133 cm³/mol. The second kappa shape index (κ2) is 11.4. The van der Waals surface area contributed by atoms with E-state index in [0.717, 1.165) is 47.9 Å². The number of nitrogens with one attached hydrogen (secondary N) is 1. The molecule has 4 rings (SSSR count). The number of carboxylic acid groups (broad SMARTS) is 1. The quantitative estimate of drug-likeness (QED) is 0.532. The summed E-state index contributed by atoms with van der Waals surface area (Å²) >= 11 is 0. The normalized spacial score (nSPS) is 17.9. The van der Waals surface area contributed by atoms with Gasteiger partial charge in [-0.2, -0.15) is 0 Å². The van der Waals surface area contributed by atoms with Crippen molar-refractivity contribution in [1.29, 1.82) is 0 Å². The Hall–Kier alpha value is -3.35. The van der Waals surface area contributed by atoms with Gasteiger partial charge in [0.05, 0.1) is 0 Å². The van der Waals surface area contributed by atoms with Gasteiger partial charge >= 0.3 is 12.1 Å². The largest absolute Gasteiger partial charge is 0.480 e. The average molecular weight is 479 g/mol. The summed E-state index contributed by atoms with van der Waals surface area (Å²) in [6, 6.07) is 15.2. The number of unbranched alkanes of at least 4 members (excludes halogenated alkanes) is 1. The number of piperidine rings is 1. The van der Waals surface area contributed by atoms with Crippen LogP contribution in [0.1, 0.15) is 68.9 Å². The topological polar surface area (TPSA) is 95.9 Å². The van der Waals surface area contributed by atoms with Crippen LogP contribution in [-0.2, 0) is 14.3 Å². The van der Waals surface area contributed by atoms with Crippen molar-refractivity contribution in [2.24, 2.45) is 0 Å². The Morgan fingerprint density at radius 1 is 1.06 bits per heavy atom. The van der Waals surface area contributed by atoms with E-state index >= 15 is 0 Å². The number of aliphatic carboxylic acids is 1. The zero-order valence-electron chi connectivity index (χ0n) is 20.2. The third kappa shape index (κ3) is 5.66. The van der Waals surface area contributed by atoms with E-state index in [1.54, 1.807) is 0 Å². The molecule has 7 heteroatoms. The van der Waals surface area contributed by atoms with Crippen LogP contribution >= 0.6 is 0 Å². The van der Waals surface area contributed by atoms with Crippen LogP contribution in [0.2, 0.25) is 0 Å². The summed E-state index contributed by atoms with van der Waals surface area (Å²) in [6.07, 6.45) is 4.02. The number of alkyl carbamates (subject to hydrolysis) is 1. The highest BCUT2D eigenvalue weighted by atomic mass is 16.5. The Kier molecular flexibility index (Phi) is 8.06. The summed E-state index contributed by atoms with van der Waals surface area (Å²) in [4.78, 5) is 38.8. The lowest BCUT2D eigenvalue weighted by atomic mass is 9.98. The van der Waals surface area contributed by atoms with E-state index in [1.807, 2.05) is 24.3 Å². The first-order valence-electron chi connectivity index (χ1n) is 12.6. The van der Waals surface area contributed by atoms with Crippen molar-refractivity contribution in [1.82, 2.24) is 10.2 Å². The molecule has 0 bridgehead atoms. The number of carbonyl (C=O) groups is 3. The lowest BCUT2D eigenvalue weighted by Gasteiger charge is -2.34. The van der Waals surface area contributed by atoms with Crippen LogP contribution in [0.3, 0.4) is 0 Å². The molecule has 1 aliphatic carbocycles. The van der Waals surface area contributed by atoms with Crippen LogP contribution in [0.5, 0.6) is 0 Å². The molecule has 0 aromatic heterocycles. The Balaban J connectivity index is 1.38. The van der Waals surface area contributed by atoms with Gasteiger partial charge in [0.15, 0.2) is 0 Å². The van der Waals surface area contributed by atoms with Gasteiger partial charge in [0.2, 0.25) is 5.91 Å². The number of ether oxygens (including phenoxy) is 1. The van der Waals surface area contributed by atoms with E-state index in [1.165, 1.54) is 4.90 Å². The van der Waals surface area contributed by atoms with Crippen molar-refractivity contribution in [3.8, 4) is 11.1 Å². The molecule has 2 aliphatic rings. The van der Waals surface area contributed by atoms with Gasteiger partial charge in [-0.15, -0.1) is 0 Å². The van der Waals surface area contributed by atoms with Crippen molar-refractivity contribution >= 4 is 18.0 Å². The fourth-order valence-corrected chi connectivity index (χ4v) is 5.30. The third-order valence-corrected chi connectivity index (χ3v) is 7.10. The smallest absolute Gasteiger partial charge is 0.407 e. The van der Waals surface area contributed by atoms with Gasteiger partial charge in [-0.25, -0.2) is 9.59 Å². The van der Waals surface area contributed by atoms with Gasteiger partial charge < -0.3 is 20.1 Å². The van der Waals surface area contributed by atoms with Gasteiger partial charge in [0.25, 0.3) is 0 Å². The molecule has 0 spiro atoms.